The Morgan fingerprint density at radius 2 is 1.81 bits per heavy atom. The lowest BCUT2D eigenvalue weighted by atomic mass is 9.95. The maximum Gasteiger partial charge on any atom is 0.415 e. The van der Waals surface area contributed by atoms with Crippen molar-refractivity contribution < 1.29 is 14.3 Å². The number of carbonyl (C=O) groups is 2. The van der Waals surface area contributed by atoms with Crippen LogP contribution in [-0.4, -0.2) is 30.0 Å². The van der Waals surface area contributed by atoms with Gasteiger partial charge in [-0.3, -0.25) is 4.79 Å². The molecule has 0 saturated carbocycles. The van der Waals surface area contributed by atoms with Gasteiger partial charge in [-0.05, 0) is 26.0 Å². The highest BCUT2D eigenvalue weighted by Gasteiger charge is 2.21. The summed E-state index contributed by atoms with van der Waals surface area (Å²) in [7, 11) is 0. The molecule has 116 valence electrons. The molecule has 5 nitrogen and oxygen atoms in total. The van der Waals surface area contributed by atoms with Crippen LogP contribution < -0.4 is 10.1 Å². The first-order valence-corrected chi connectivity index (χ1v) is 7.16. The summed E-state index contributed by atoms with van der Waals surface area (Å²) in [5, 5.41) is 2.81. The van der Waals surface area contributed by atoms with E-state index in [0.29, 0.717) is 24.5 Å². The molecule has 0 atom stereocenters. The Kier molecular flexibility index (Phi) is 5.76. The number of hydrogen-bond donors (Lipinski definition) is 1. The van der Waals surface area contributed by atoms with E-state index in [0.717, 1.165) is 0 Å². The Morgan fingerprint density at radius 1 is 1.19 bits per heavy atom. The van der Waals surface area contributed by atoms with Gasteiger partial charge in [-0.15, -0.1) is 0 Å². The Bertz CT molecular complexity index is 502. The van der Waals surface area contributed by atoms with Crippen molar-refractivity contribution in [1.29, 1.82) is 0 Å². The van der Waals surface area contributed by atoms with Crippen LogP contribution in [0.25, 0.3) is 0 Å². The van der Waals surface area contributed by atoms with Crippen LogP contribution in [0.5, 0.6) is 5.75 Å². The minimum absolute atomic E-state index is 0.0882. The third-order valence-electron chi connectivity index (χ3n) is 3.00. The molecule has 0 aromatic heterocycles. The Morgan fingerprint density at radius 3 is 2.33 bits per heavy atom. The highest BCUT2D eigenvalue weighted by Crippen LogP contribution is 2.21. The van der Waals surface area contributed by atoms with Crippen LogP contribution in [0, 0.1) is 5.41 Å². The van der Waals surface area contributed by atoms with Crippen molar-refractivity contribution in [2.45, 2.75) is 34.6 Å². The average molecular weight is 292 g/mol. The Labute approximate surface area is 126 Å². The number of hydrogen-bond acceptors (Lipinski definition) is 3. The predicted octanol–water partition coefficient (Wildman–Crippen LogP) is 3.51. The second-order valence-corrected chi connectivity index (χ2v) is 5.77. The number of rotatable bonds is 4. The minimum Gasteiger partial charge on any atom is -0.410 e. The summed E-state index contributed by atoms with van der Waals surface area (Å²) in [5.74, 6) is 0.327. The molecule has 0 aliphatic rings. The van der Waals surface area contributed by atoms with Crippen molar-refractivity contribution in [3.05, 3.63) is 24.3 Å². The number of amides is 2. The lowest BCUT2D eigenvalue weighted by Crippen LogP contribution is -2.33. The molecular formula is C16H24N2O3. The molecule has 0 fully saturated rings. The molecule has 0 radical (unpaired) electrons. The molecule has 5 heteroatoms. The number of benzene rings is 1. The second kappa shape index (κ2) is 7.11. The fourth-order valence-electron chi connectivity index (χ4n) is 1.60. The first kappa shape index (κ1) is 17.0. The van der Waals surface area contributed by atoms with Gasteiger partial charge in [-0.2, -0.15) is 0 Å². The van der Waals surface area contributed by atoms with Crippen molar-refractivity contribution in [3.8, 4) is 5.75 Å². The van der Waals surface area contributed by atoms with Gasteiger partial charge in [-0.1, -0.05) is 26.8 Å². The van der Waals surface area contributed by atoms with Gasteiger partial charge in [0.2, 0.25) is 5.91 Å². The molecule has 1 rings (SSSR count). The third kappa shape index (κ3) is 5.10. The number of nitrogens with one attached hydrogen (secondary N) is 1. The number of anilines is 1. The zero-order valence-corrected chi connectivity index (χ0v) is 13.4. The summed E-state index contributed by atoms with van der Waals surface area (Å²) in [5.41, 5.74) is 0.133. The SMILES string of the molecule is CCN(CC)C(=O)Oc1cccc(NC(=O)C(C)(C)C)c1. The van der Waals surface area contributed by atoms with Gasteiger partial charge in [0.05, 0.1) is 0 Å². The van der Waals surface area contributed by atoms with Crippen molar-refractivity contribution in [2.75, 3.05) is 18.4 Å². The van der Waals surface area contributed by atoms with Gasteiger partial charge < -0.3 is 15.0 Å². The lowest BCUT2D eigenvalue weighted by Gasteiger charge is -2.19. The molecule has 0 bridgehead atoms. The quantitative estimate of drug-likeness (QED) is 0.923. The molecular weight excluding hydrogens is 268 g/mol. The summed E-state index contributed by atoms with van der Waals surface area (Å²) < 4.78 is 5.30. The third-order valence-corrected chi connectivity index (χ3v) is 3.00. The van der Waals surface area contributed by atoms with E-state index in [1.165, 1.54) is 0 Å². The first-order chi connectivity index (χ1) is 9.77. The number of nitrogens with zero attached hydrogens (tertiary/aromatic N) is 1. The molecule has 1 N–H and O–H groups in total. The topological polar surface area (TPSA) is 58.6 Å². The summed E-state index contributed by atoms with van der Waals surface area (Å²) in [6.07, 6.45) is -0.390. The lowest BCUT2D eigenvalue weighted by molar-refractivity contribution is -0.123. The largest absolute Gasteiger partial charge is 0.415 e. The molecule has 0 aliphatic carbocycles. The van der Waals surface area contributed by atoms with E-state index >= 15 is 0 Å². The maximum absolute atomic E-state index is 11.9. The van der Waals surface area contributed by atoms with E-state index in [-0.39, 0.29) is 12.0 Å². The molecule has 1 aromatic rings. The molecule has 2 amide bonds. The fourth-order valence-corrected chi connectivity index (χ4v) is 1.60. The van der Waals surface area contributed by atoms with Gasteiger partial charge in [0, 0.05) is 30.3 Å². The van der Waals surface area contributed by atoms with Crippen LogP contribution in [0.4, 0.5) is 10.5 Å². The molecule has 0 unspecified atom stereocenters. The predicted molar refractivity (Wildman–Crippen MR) is 83.5 cm³/mol. The molecule has 1 aromatic carbocycles. The van der Waals surface area contributed by atoms with Gasteiger partial charge >= 0.3 is 6.09 Å². The second-order valence-electron chi connectivity index (χ2n) is 5.77. The zero-order valence-electron chi connectivity index (χ0n) is 13.4. The van der Waals surface area contributed by atoms with Crippen LogP contribution in [0.1, 0.15) is 34.6 Å². The molecule has 0 aliphatic heterocycles. The van der Waals surface area contributed by atoms with Crippen LogP contribution >= 0.6 is 0 Å². The normalized spacial score (nSPS) is 10.9. The fraction of sp³-hybridized carbons (Fsp3) is 0.500. The monoisotopic (exact) mass is 292 g/mol. The molecule has 0 spiro atoms. The maximum atomic E-state index is 11.9. The van der Waals surface area contributed by atoms with Gasteiger partial charge in [0.1, 0.15) is 5.75 Å². The smallest absolute Gasteiger partial charge is 0.410 e. The minimum atomic E-state index is -0.478. The number of carbonyl (C=O) groups excluding carboxylic acids is 2. The Balaban J connectivity index is 2.77. The van der Waals surface area contributed by atoms with Crippen molar-refractivity contribution in [3.63, 3.8) is 0 Å². The molecule has 0 heterocycles. The van der Waals surface area contributed by atoms with Gasteiger partial charge in [0.25, 0.3) is 0 Å². The first-order valence-electron chi connectivity index (χ1n) is 7.16. The number of ether oxygens (including phenoxy) is 1. The van der Waals surface area contributed by atoms with E-state index < -0.39 is 5.41 Å². The van der Waals surface area contributed by atoms with Crippen LogP contribution in [0.3, 0.4) is 0 Å². The van der Waals surface area contributed by atoms with Gasteiger partial charge in [0.15, 0.2) is 0 Å². The van der Waals surface area contributed by atoms with Crippen LogP contribution in [-0.2, 0) is 4.79 Å². The van der Waals surface area contributed by atoms with E-state index in [9.17, 15) is 9.59 Å². The summed E-state index contributed by atoms with van der Waals surface area (Å²) in [4.78, 5) is 25.4. The summed E-state index contributed by atoms with van der Waals surface area (Å²) >= 11 is 0. The van der Waals surface area contributed by atoms with E-state index in [4.69, 9.17) is 4.74 Å². The average Bonchev–Trinajstić information content (AvgIpc) is 2.39. The van der Waals surface area contributed by atoms with Crippen molar-refractivity contribution >= 4 is 17.7 Å². The van der Waals surface area contributed by atoms with Gasteiger partial charge in [-0.25, -0.2) is 4.79 Å². The molecule has 21 heavy (non-hydrogen) atoms. The molecule has 0 saturated heterocycles. The van der Waals surface area contributed by atoms with Crippen LogP contribution in [0.2, 0.25) is 0 Å². The standard InChI is InChI=1S/C16H24N2O3/c1-6-18(7-2)15(20)21-13-10-8-9-12(11-13)17-14(19)16(3,4)5/h8-11H,6-7H2,1-5H3,(H,17,19). The van der Waals surface area contributed by atoms with E-state index in [1.807, 2.05) is 34.6 Å². The summed E-state index contributed by atoms with van der Waals surface area (Å²) in [6, 6.07) is 6.83. The van der Waals surface area contributed by atoms with E-state index in [1.54, 1.807) is 29.2 Å². The highest BCUT2D eigenvalue weighted by atomic mass is 16.6. The van der Waals surface area contributed by atoms with Crippen molar-refractivity contribution in [2.24, 2.45) is 5.41 Å². The van der Waals surface area contributed by atoms with E-state index in [2.05, 4.69) is 5.32 Å². The Hall–Kier alpha value is -2.04. The summed E-state index contributed by atoms with van der Waals surface area (Å²) in [6.45, 7) is 10.5. The van der Waals surface area contributed by atoms with Crippen LogP contribution in [0.15, 0.2) is 24.3 Å². The zero-order chi connectivity index (χ0) is 16.0. The highest BCUT2D eigenvalue weighted by molar-refractivity contribution is 5.94. The van der Waals surface area contributed by atoms with Crippen molar-refractivity contribution in [1.82, 2.24) is 4.90 Å².